The van der Waals surface area contributed by atoms with E-state index in [4.69, 9.17) is 9.26 Å². The summed E-state index contributed by atoms with van der Waals surface area (Å²) in [6, 6.07) is 1.96. The predicted molar refractivity (Wildman–Crippen MR) is 74.3 cm³/mol. The van der Waals surface area contributed by atoms with Crippen molar-refractivity contribution in [1.82, 2.24) is 0 Å². The molecule has 0 saturated carbocycles. The van der Waals surface area contributed by atoms with Gasteiger partial charge in [-0.1, -0.05) is 0 Å². The van der Waals surface area contributed by atoms with Gasteiger partial charge in [-0.25, -0.2) is 4.79 Å². The van der Waals surface area contributed by atoms with Gasteiger partial charge in [0.2, 0.25) is 5.41 Å². The summed E-state index contributed by atoms with van der Waals surface area (Å²) < 4.78 is 26.8. The highest BCUT2D eigenvalue weighted by Crippen LogP contribution is 2.72. The Kier molecular flexibility index (Phi) is 4.51. The third kappa shape index (κ3) is 1.94. The highest BCUT2D eigenvalue weighted by Gasteiger charge is 2.70. The van der Waals surface area contributed by atoms with Crippen molar-refractivity contribution in [2.75, 3.05) is 20.0 Å². The smallest absolute Gasteiger partial charge is 0.334 e. The largest absolute Gasteiger partial charge is 0.464 e. The zero-order valence-electron chi connectivity index (χ0n) is 11.6. The van der Waals surface area contributed by atoms with Gasteiger partial charge in [-0.05, 0) is 27.0 Å². The van der Waals surface area contributed by atoms with Crippen LogP contribution in [0.25, 0.3) is 0 Å². The molecule has 0 amide bonds. The molecular formula is C11H17N2O4PS. The third-order valence-electron chi connectivity index (χ3n) is 3.36. The van der Waals surface area contributed by atoms with Gasteiger partial charge in [0.25, 0.3) is 0 Å². The van der Waals surface area contributed by atoms with Crippen LogP contribution < -0.4 is 0 Å². The number of ether oxygens (including phenoxy) is 1. The Labute approximate surface area is 117 Å². The Morgan fingerprint density at radius 3 is 2.53 bits per heavy atom. The van der Waals surface area contributed by atoms with Crippen molar-refractivity contribution >= 4 is 30.3 Å². The highest BCUT2D eigenvalue weighted by molar-refractivity contribution is 8.14. The molecule has 0 aromatic carbocycles. The van der Waals surface area contributed by atoms with Gasteiger partial charge in [-0.3, -0.25) is 4.57 Å². The van der Waals surface area contributed by atoms with Gasteiger partial charge >= 0.3 is 13.5 Å². The molecule has 2 unspecified atom stereocenters. The second-order valence-electron chi connectivity index (χ2n) is 4.45. The van der Waals surface area contributed by atoms with Crippen LogP contribution in [0.5, 0.6) is 0 Å². The Hall–Kier alpha value is -0.830. The number of rotatable bonds is 3. The van der Waals surface area contributed by atoms with Gasteiger partial charge in [-0.15, -0.1) is 11.8 Å². The quantitative estimate of drug-likeness (QED) is 0.587. The number of esters is 1. The summed E-state index contributed by atoms with van der Waals surface area (Å²) in [5, 5.41) is 8.47. The molecule has 6 nitrogen and oxygen atoms in total. The van der Waals surface area contributed by atoms with Crippen LogP contribution in [0.1, 0.15) is 20.8 Å². The molecule has 8 heteroatoms. The van der Waals surface area contributed by atoms with E-state index in [9.17, 15) is 14.6 Å². The van der Waals surface area contributed by atoms with Crippen LogP contribution in [-0.2, 0) is 18.6 Å². The molecule has 0 fully saturated rings. The number of nitriles is 1. The Morgan fingerprint density at radius 1 is 1.58 bits per heavy atom. The number of thioether (sulfide) groups is 1. The average Bonchev–Trinajstić information content (AvgIpc) is 2.55. The molecule has 0 aliphatic carbocycles. The summed E-state index contributed by atoms with van der Waals surface area (Å²) in [5.41, 5.74) is -1.69. The Bertz CT molecular complexity index is 511. The fourth-order valence-electron chi connectivity index (χ4n) is 2.06. The van der Waals surface area contributed by atoms with E-state index >= 15 is 0 Å². The van der Waals surface area contributed by atoms with Gasteiger partial charge in [0.1, 0.15) is 5.04 Å². The standard InChI is InChI=1S/C11H17N2O4PS/c1-6-17-9(14)11(7-12)8(19-5)13-18(15,16-4)10(11,2)3/h6H2,1-5H3. The van der Waals surface area contributed by atoms with Crippen LogP contribution >= 0.6 is 19.3 Å². The molecule has 0 saturated heterocycles. The normalized spacial score (nSPS) is 32.5. The van der Waals surface area contributed by atoms with Gasteiger partial charge in [0.15, 0.2) is 0 Å². The summed E-state index contributed by atoms with van der Waals surface area (Å²) in [5.74, 6) is -0.731. The topological polar surface area (TPSA) is 88.8 Å². The molecule has 0 radical (unpaired) electrons. The van der Waals surface area contributed by atoms with E-state index in [2.05, 4.69) is 4.76 Å². The molecule has 1 heterocycles. The summed E-state index contributed by atoms with van der Waals surface area (Å²) in [6.07, 6.45) is 1.67. The van der Waals surface area contributed by atoms with Crippen LogP contribution in [0.3, 0.4) is 0 Å². The van der Waals surface area contributed by atoms with Gasteiger partial charge < -0.3 is 9.26 Å². The highest BCUT2D eigenvalue weighted by atomic mass is 32.2. The van der Waals surface area contributed by atoms with Crippen molar-refractivity contribution in [2.24, 2.45) is 10.2 Å². The number of hydrogen-bond acceptors (Lipinski definition) is 6. The predicted octanol–water partition coefficient (Wildman–Crippen LogP) is 2.45. The molecule has 0 N–H and O–H groups in total. The summed E-state index contributed by atoms with van der Waals surface area (Å²) >= 11 is 1.11. The fraction of sp³-hybridized carbons (Fsp3) is 0.727. The third-order valence-corrected chi connectivity index (χ3v) is 6.98. The lowest BCUT2D eigenvalue weighted by molar-refractivity contribution is -0.149. The molecular weight excluding hydrogens is 287 g/mol. The Balaban J connectivity index is 3.55. The molecule has 0 aromatic heterocycles. The van der Waals surface area contributed by atoms with Gasteiger partial charge in [0.05, 0.1) is 17.8 Å². The van der Waals surface area contributed by atoms with E-state index in [0.29, 0.717) is 0 Å². The summed E-state index contributed by atoms with van der Waals surface area (Å²) in [7, 11) is -2.23. The molecule has 1 rings (SSSR count). The fourth-order valence-corrected chi connectivity index (χ4v) is 5.33. The van der Waals surface area contributed by atoms with E-state index in [1.165, 1.54) is 7.11 Å². The molecule has 2 atom stereocenters. The summed E-state index contributed by atoms with van der Waals surface area (Å²) in [6.45, 7) is 4.88. The second-order valence-corrected chi connectivity index (χ2v) is 7.97. The van der Waals surface area contributed by atoms with E-state index in [1.54, 1.807) is 27.0 Å². The van der Waals surface area contributed by atoms with Gasteiger partial charge in [-0.2, -0.15) is 10.0 Å². The van der Waals surface area contributed by atoms with Crippen molar-refractivity contribution in [2.45, 2.75) is 25.9 Å². The second kappa shape index (κ2) is 5.28. The first-order valence-electron chi connectivity index (χ1n) is 5.66. The van der Waals surface area contributed by atoms with E-state index in [0.717, 1.165) is 11.8 Å². The molecule has 106 valence electrons. The minimum atomic E-state index is -3.50. The van der Waals surface area contributed by atoms with Crippen molar-refractivity contribution < 1.29 is 18.6 Å². The number of nitrogens with zero attached hydrogens (tertiary/aromatic N) is 2. The minimum Gasteiger partial charge on any atom is -0.464 e. The summed E-state index contributed by atoms with van der Waals surface area (Å²) in [4.78, 5) is 12.3. The van der Waals surface area contributed by atoms with Crippen molar-refractivity contribution in [3.63, 3.8) is 0 Å². The zero-order valence-corrected chi connectivity index (χ0v) is 13.3. The van der Waals surface area contributed by atoms with Crippen LogP contribution in [0.2, 0.25) is 0 Å². The molecule has 0 spiro atoms. The number of carbonyl (C=O) groups is 1. The van der Waals surface area contributed by atoms with Crippen LogP contribution in [0.4, 0.5) is 0 Å². The first-order valence-corrected chi connectivity index (χ1v) is 8.46. The number of hydrogen-bond donors (Lipinski definition) is 0. The molecule has 0 bridgehead atoms. The maximum absolute atomic E-state index is 12.7. The van der Waals surface area contributed by atoms with Crippen molar-refractivity contribution in [3.8, 4) is 6.07 Å². The molecule has 1 aliphatic heterocycles. The van der Waals surface area contributed by atoms with E-state index in [-0.39, 0.29) is 11.7 Å². The molecule has 0 aromatic rings. The van der Waals surface area contributed by atoms with Crippen LogP contribution in [-0.4, -0.2) is 36.1 Å². The maximum atomic E-state index is 12.7. The molecule has 1 aliphatic rings. The minimum absolute atomic E-state index is 0.136. The lowest BCUT2D eigenvalue weighted by Gasteiger charge is -2.34. The van der Waals surface area contributed by atoms with Crippen molar-refractivity contribution in [1.29, 1.82) is 5.26 Å². The Morgan fingerprint density at radius 2 is 2.16 bits per heavy atom. The van der Waals surface area contributed by atoms with E-state index in [1.807, 2.05) is 6.07 Å². The lowest BCUT2D eigenvalue weighted by atomic mass is 9.78. The zero-order chi connectivity index (χ0) is 14.9. The number of carbonyl (C=O) groups excluding carboxylic acids is 1. The van der Waals surface area contributed by atoms with E-state index < -0.39 is 24.1 Å². The molecule has 19 heavy (non-hydrogen) atoms. The van der Waals surface area contributed by atoms with Crippen molar-refractivity contribution in [3.05, 3.63) is 0 Å². The maximum Gasteiger partial charge on any atom is 0.334 e. The van der Waals surface area contributed by atoms with Crippen LogP contribution in [0.15, 0.2) is 4.76 Å². The van der Waals surface area contributed by atoms with Gasteiger partial charge in [0, 0.05) is 7.11 Å². The lowest BCUT2D eigenvalue weighted by Crippen LogP contribution is -2.50. The first-order chi connectivity index (χ1) is 8.77. The SMILES string of the molecule is CCOC(=O)C1(C#N)C(SC)=NP(=O)(OC)C1(C)C. The van der Waals surface area contributed by atoms with Crippen LogP contribution in [0, 0.1) is 16.7 Å². The first kappa shape index (κ1) is 16.2. The monoisotopic (exact) mass is 304 g/mol. The average molecular weight is 304 g/mol.